The average Bonchev–Trinajstić information content (AvgIpc) is 2.75. The maximum absolute atomic E-state index is 9.83. The molecule has 1 aromatic heterocycles. The fraction of sp³-hybridized carbons (Fsp3) is 0.429. The van der Waals surface area contributed by atoms with Crippen LogP contribution in [0.5, 0.6) is 11.5 Å². The molecule has 1 atom stereocenters. The lowest BCUT2D eigenvalue weighted by Gasteiger charge is -2.14. The van der Waals surface area contributed by atoms with E-state index >= 15 is 0 Å². The number of aromatic nitrogens is 2. The van der Waals surface area contributed by atoms with Crippen LogP contribution in [-0.4, -0.2) is 20.4 Å². The van der Waals surface area contributed by atoms with Crippen LogP contribution in [0.25, 0.3) is 0 Å². The Morgan fingerprint density at radius 2 is 1.95 bits per heavy atom. The molecule has 5 nitrogen and oxygen atoms in total. The van der Waals surface area contributed by atoms with E-state index in [0.717, 1.165) is 16.6 Å². The largest absolute Gasteiger partial charge is 0.508 e. The van der Waals surface area contributed by atoms with Crippen LogP contribution in [0.4, 0.5) is 5.13 Å². The SMILES string of the molecule is CC(C)Cc1nnc(NC(C)c2ccc(O)cc2O)s1. The molecular weight excluding hydrogens is 274 g/mol. The fourth-order valence-corrected chi connectivity index (χ4v) is 2.94. The van der Waals surface area contributed by atoms with Crippen molar-refractivity contribution in [1.82, 2.24) is 10.2 Å². The summed E-state index contributed by atoms with van der Waals surface area (Å²) in [7, 11) is 0. The first kappa shape index (κ1) is 14.6. The minimum atomic E-state index is -0.115. The highest BCUT2D eigenvalue weighted by Crippen LogP contribution is 2.30. The Balaban J connectivity index is 2.07. The normalized spacial score (nSPS) is 12.6. The zero-order chi connectivity index (χ0) is 14.7. The Kier molecular flexibility index (Phi) is 4.44. The van der Waals surface area contributed by atoms with Gasteiger partial charge in [0.25, 0.3) is 0 Å². The van der Waals surface area contributed by atoms with Crippen molar-refractivity contribution in [3.05, 3.63) is 28.8 Å². The lowest BCUT2D eigenvalue weighted by molar-refractivity contribution is 0.444. The van der Waals surface area contributed by atoms with Gasteiger partial charge in [0, 0.05) is 18.1 Å². The van der Waals surface area contributed by atoms with Gasteiger partial charge in [-0.15, -0.1) is 10.2 Å². The molecular formula is C14H19N3O2S. The first-order valence-electron chi connectivity index (χ1n) is 6.56. The van der Waals surface area contributed by atoms with Gasteiger partial charge in [0.2, 0.25) is 5.13 Å². The van der Waals surface area contributed by atoms with Gasteiger partial charge in [0.1, 0.15) is 16.5 Å². The lowest BCUT2D eigenvalue weighted by Crippen LogP contribution is -2.06. The lowest BCUT2D eigenvalue weighted by atomic mass is 10.1. The van der Waals surface area contributed by atoms with Crippen molar-refractivity contribution in [3.63, 3.8) is 0 Å². The molecule has 1 aromatic carbocycles. The molecule has 0 fully saturated rings. The summed E-state index contributed by atoms with van der Waals surface area (Å²) in [6.45, 7) is 6.22. The maximum atomic E-state index is 9.83. The molecule has 0 aliphatic carbocycles. The van der Waals surface area contributed by atoms with Gasteiger partial charge in [-0.3, -0.25) is 0 Å². The third kappa shape index (κ3) is 3.60. The minimum absolute atomic E-state index is 0.0496. The summed E-state index contributed by atoms with van der Waals surface area (Å²) >= 11 is 1.53. The smallest absolute Gasteiger partial charge is 0.206 e. The van der Waals surface area contributed by atoms with Gasteiger partial charge in [0.15, 0.2) is 0 Å². The molecule has 20 heavy (non-hydrogen) atoms. The number of rotatable bonds is 5. The topological polar surface area (TPSA) is 78.3 Å². The van der Waals surface area contributed by atoms with Crippen LogP contribution in [-0.2, 0) is 6.42 Å². The summed E-state index contributed by atoms with van der Waals surface area (Å²) in [5.41, 5.74) is 0.711. The number of hydrogen-bond donors (Lipinski definition) is 3. The van der Waals surface area contributed by atoms with E-state index in [-0.39, 0.29) is 17.5 Å². The van der Waals surface area contributed by atoms with Crippen molar-refractivity contribution in [2.24, 2.45) is 5.92 Å². The van der Waals surface area contributed by atoms with E-state index in [1.807, 2.05) is 6.92 Å². The van der Waals surface area contributed by atoms with Crippen molar-refractivity contribution in [2.45, 2.75) is 33.2 Å². The summed E-state index contributed by atoms with van der Waals surface area (Å²) in [5, 5.41) is 32.3. The van der Waals surface area contributed by atoms with E-state index in [1.54, 1.807) is 12.1 Å². The predicted octanol–water partition coefficient (Wildman–Crippen LogP) is 3.32. The number of nitrogens with one attached hydrogen (secondary N) is 1. The monoisotopic (exact) mass is 293 g/mol. The van der Waals surface area contributed by atoms with Crippen molar-refractivity contribution >= 4 is 16.5 Å². The van der Waals surface area contributed by atoms with E-state index < -0.39 is 0 Å². The van der Waals surface area contributed by atoms with Gasteiger partial charge in [-0.25, -0.2) is 0 Å². The van der Waals surface area contributed by atoms with Gasteiger partial charge >= 0.3 is 0 Å². The van der Waals surface area contributed by atoms with E-state index in [9.17, 15) is 10.2 Å². The Morgan fingerprint density at radius 1 is 1.20 bits per heavy atom. The molecule has 0 saturated heterocycles. The van der Waals surface area contributed by atoms with E-state index in [2.05, 4.69) is 29.4 Å². The van der Waals surface area contributed by atoms with E-state index in [0.29, 0.717) is 11.5 Å². The van der Waals surface area contributed by atoms with Gasteiger partial charge in [0.05, 0.1) is 6.04 Å². The van der Waals surface area contributed by atoms with Crippen LogP contribution in [0.2, 0.25) is 0 Å². The summed E-state index contributed by atoms with van der Waals surface area (Å²) in [6, 6.07) is 4.46. The molecule has 0 amide bonds. The first-order valence-corrected chi connectivity index (χ1v) is 7.38. The fourth-order valence-electron chi connectivity index (χ4n) is 1.90. The molecule has 0 aliphatic rings. The molecule has 1 heterocycles. The highest BCUT2D eigenvalue weighted by atomic mass is 32.1. The highest BCUT2D eigenvalue weighted by molar-refractivity contribution is 7.15. The summed E-state index contributed by atoms with van der Waals surface area (Å²) < 4.78 is 0. The van der Waals surface area contributed by atoms with Gasteiger partial charge in [-0.05, 0) is 25.0 Å². The second kappa shape index (κ2) is 6.09. The second-order valence-electron chi connectivity index (χ2n) is 5.21. The van der Waals surface area contributed by atoms with Crippen molar-refractivity contribution in [2.75, 3.05) is 5.32 Å². The summed E-state index contributed by atoms with van der Waals surface area (Å²) in [6.07, 6.45) is 0.915. The molecule has 0 bridgehead atoms. The van der Waals surface area contributed by atoms with Crippen LogP contribution in [0, 0.1) is 5.92 Å². The van der Waals surface area contributed by atoms with Crippen LogP contribution >= 0.6 is 11.3 Å². The molecule has 0 radical (unpaired) electrons. The number of phenolic OH excluding ortho intramolecular Hbond substituents is 2. The number of hydrogen-bond acceptors (Lipinski definition) is 6. The van der Waals surface area contributed by atoms with Crippen LogP contribution in [0.3, 0.4) is 0 Å². The minimum Gasteiger partial charge on any atom is -0.508 e. The molecule has 0 saturated carbocycles. The number of phenols is 2. The Bertz CT molecular complexity index is 584. The van der Waals surface area contributed by atoms with Crippen molar-refractivity contribution < 1.29 is 10.2 Å². The second-order valence-corrected chi connectivity index (χ2v) is 6.27. The summed E-state index contributed by atoms with van der Waals surface area (Å²) in [5.74, 6) is 0.667. The molecule has 0 aliphatic heterocycles. The molecule has 108 valence electrons. The van der Waals surface area contributed by atoms with Gasteiger partial charge in [-0.1, -0.05) is 25.2 Å². The molecule has 6 heteroatoms. The number of nitrogens with zero attached hydrogens (tertiary/aromatic N) is 2. The highest BCUT2D eigenvalue weighted by Gasteiger charge is 2.13. The third-order valence-electron chi connectivity index (χ3n) is 2.87. The molecule has 3 N–H and O–H groups in total. The van der Waals surface area contributed by atoms with E-state index in [1.165, 1.54) is 17.4 Å². The number of benzene rings is 1. The quantitative estimate of drug-likeness (QED) is 0.788. The molecule has 0 spiro atoms. The molecule has 2 aromatic rings. The first-order chi connectivity index (χ1) is 9.45. The van der Waals surface area contributed by atoms with Crippen LogP contribution in [0.1, 0.15) is 37.4 Å². The maximum Gasteiger partial charge on any atom is 0.206 e. The predicted molar refractivity (Wildman–Crippen MR) is 80.3 cm³/mol. The zero-order valence-corrected chi connectivity index (χ0v) is 12.6. The Labute approximate surface area is 122 Å². The number of anilines is 1. The van der Waals surface area contributed by atoms with Crippen molar-refractivity contribution in [3.8, 4) is 11.5 Å². The number of aromatic hydroxyl groups is 2. The standard InChI is InChI=1S/C14H19N3O2S/c1-8(2)6-13-16-17-14(20-13)15-9(3)11-5-4-10(18)7-12(11)19/h4-5,7-9,18-19H,6H2,1-3H3,(H,15,17). The molecule has 1 unspecified atom stereocenters. The zero-order valence-electron chi connectivity index (χ0n) is 11.8. The van der Waals surface area contributed by atoms with E-state index in [4.69, 9.17) is 0 Å². The average molecular weight is 293 g/mol. The van der Waals surface area contributed by atoms with Crippen LogP contribution in [0.15, 0.2) is 18.2 Å². The van der Waals surface area contributed by atoms with Crippen LogP contribution < -0.4 is 5.32 Å². The van der Waals surface area contributed by atoms with Gasteiger partial charge < -0.3 is 15.5 Å². The van der Waals surface area contributed by atoms with Gasteiger partial charge in [-0.2, -0.15) is 0 Å². The Morgan fingerprint density at radius 3 is 2.60 bits per heavy atom. The Hall–Kier alpha value is -1.82. The molecule has 2 rings (SSSR count). The van der Waals surface area contributed by atoms with Crippen molar-refractivity contribution in [1.29, 1.82) is 0 Å². The third-order valence-corrected chi connectivity index (χ3v) is 3.75. The summed E-state index contributed by atoms with van der Waals surface area (Å²) in [4.78, 5) is 0.